The highest BCUT2D eigenvalue weighted by Gasteiger charge is 2.10. The van der Waals surface area contributed by atoms with E-state index >= 15 is 0 Å². The number of rotatable bonds is 7. The van der Waals surface area contributed by atoms with E-state index in [2.05, 4.69) is 35.2 Å². The van der Waals surface area contributed by atoms with Crippen molar-refractivity contribution >= 4 is 11.6 Å². The molecule has 0 aliphatic rings. The molecule has 0 radical (unpaired) electrons. The van der Waals surface area contributed by atoms with Crippen LogP contribution >= 0.6 is 0 Å². The molecule has 29 heavy (non-hydrogen) atoms. The third-order valence-electron chi connectivity index (χ3n) is 4.46. The molecule has 6 nitrogen and oxygen atoms in total. The zero-order valence-corrected chi connectivity index (χ0v) is 17.1. The quantitative estimate of drug-likeness (QED) is 0.612. The SMILES string of the molecule is Cc1cc(Oc2ncccn2)ccc1NC(=O)COc1cc(C(C)C)ccc1C. The molecule has 1 aromatic heterocycles. The van der Waals surface area contributed by atoms with Crippen LogP contribution in [-0.4, -0.2) is 22.5 Å². The normalized spacial score (nSPS) is 10.7. The van der Waals surface area contributed by atoms with Gasteiger partial charge in [0.2, 0.25) is 0 Å². The summed E-state index contributed by atoms with van der Waals surface area (Å²) in [7, 11) is 0. The van der Waals surface area contributed by atoms with Crippen molar-refractivity contribution in [2.24, 2.45) is 0 Å². The number of benzene rings is 2. The summed E-state index contributed by atoms with van der Waals surface area (Å²) in [5.74, 6) is 1.51. The minimum Gasteiger partial charge on any atom is -0.483 e. The van der Waals surface area contributed by atoms with Crippen molar-refractivity contribution in [3.8, 4) is 17.5 Å². The largest absolute Gasteiger partial charge is 0.483 e. The molecule has 0 atom stereocenters. The van der Waals surface area contributed by atoms with Crippen LogP contribution in [-0.2, 0) is 4.79 Å². The lowest BCUT2D eigenvalue weighted by Gasteiger charge is -2.14. The second kappa shape index (κ2) is 9.19. The Morgan fingerprint density at radius 3 is 2.48 bits per heavy atom. The predicted octanol–water partition coefficient (Wildman–Crippen LogP) is 5.03. The van der Waals surface area contributed by atoms with Crippen LogP contribution in [0.3, 0.4) is 0 Å². The van der Waals surface area contributed by atoms with Gasteiger partial charge in [-0.05, 0) is 66.8 Å². The van der Waals surface area contributed by atoms with Gasteiger partial charge >= 0.3 is 6.01 Å². The molecular weight excluding hydrogens is 366 g/mol. The Morgan fingerprint density at radius 1 is 1.03 bits per heavy atom. The summed E-state index contributed by atoms with van der Waals surface area (Å²) >= 11 is 0. The molecule has 0 saturated heterocycles. The van der Waals surface area contributed by atoms with Crippen molar-refractivity contribution in [3.63, 3.8) is 0 Å². The van der Waals surface area contributed by atoms with Crippen molar-refractivity contribution in [1.82, 2.24) is 9.97 Å². The van der Waals surface area contributed by atoms with Crippen LogP contribution in [0.4, 0.5) is 5.69 Å². The van der Waals surface area contributed by atoms with E-state index in [1.165, 1.54) is 5.56 Å². The first-order valence-electron chi connectivity index (χ1n) is 9.51. The van der Waals surface area contributed by atoms with Gasteiger partial charge in [-0.2, -0.15) is 0 Å². The van der Waals surface area contributed by atoms with Gasteiger partial charge in [-0.3, -0.25) is 4.79 Å². The molecule has 0 fully saturated rings. The Kier molecular flexibility index (Phi) is 6.44. The standard InChI is InChI=1S/C23H25N3O3/c1-15(2)18-7-6-16(3)21(13-18)28-14-22(27)26-20-9-8-19(12-17(20)4)29-23-24-10-5-11-25-23/h5-13,15H,14H2,1-4H3,(H,26,27). The first-order chi connectivity index (χ1) is 13.9. The molecule has 0 bridgehead atoms. The molecule has 0 spiro atoms. The number of amides is 1. The van der Waals surface area contributed by atoms with Crippen LogP contribution in [0, 0.1) is 13.8 Å². The lowest BCUT2D eigenvalue weighted by Crippen LogP contribution is -2.21. The summed E-state index contributed by atoms with van der Waals surface area (Å²) in [5, 5.41) is 2.88. The van der Waals surface area contributed by atoms with Gasteiger partial charge in [0, 0.05) is 18.1 Å². The minimum atomic E-state index is -0.220. The van der Waals surface area contributed by atoms with Crippen LogP contribution in [0.15, 0.2) is 54.9 Å². The molecule has 2 aromatic carbocycles. The van der Waals surface area contributed by atoms with Gasteiger partial charge in [0.1, 0.15) is 11.5 Å². The van der Waals surface area contributed by atoms with E-state index in [-0.39, 0.29) is 18.5 Å². The molecular formula is C23H25N3O3. The van der Waals surface area contributed by atoms with Crippen LogP contribution in [0.1, 0.15) is 36.5 Å². The maximum absolute atomic E-state index is 12.4. The Hall–Kier alpha value is -3.41. The zero-order valence-electron chi connectivity index (χ0n) is 17.1. The van der Waals surface area contributed by atoms with E-state index in [0.29, 0.717) is 17.4 Å². The molecule has 0 aliphatic heterocycles. The topological polar surface area (TPSA) is 73.3 Å². The highest BCUT2D eigenvalue weighted by Crippen LogP contribution is 2.26. The van der Waals surface area contributed by atoms with Crippen molar-refractivity contribution in [2.45, 2.75) is 33.6 Å². The van der Waals surface area contributed by atoms with Crippen LogP contribution < -0.4 is 14.8 Å². The molecule has 1 heterocycles. The lowest BCUT2D eigenvalue weighted by molar-refractivity contribution is -0.118. The van der Waals surface area contributed by atoms with Gasteiger partial charge in [-0.1, -0.05) is 26.0 Å². The Bertz CT molecular complexity index is 988. The number of ether oxygens (including phenoxy) is 2. The lowest BCUT2D eigenvalue weighted by atomic mass is 10.0. The van der Waals surface area contributed by atoms with Gasteiger partial charge in [0.15, 0.2) is 6.61 Å². The number of hydrogen-bond donors (Lipinski definition) is 1. The number of hydrogen-bond acceptors (Lipinski definition) is 5. The molecule has 150 valence electrons. The van der Waals surface area contributed by atoms with Crippen molar-refractivity contribution in [3.05, 3.63) is 71.5 Å². The Balaban J connectivity index is 1.60. The fourth-order valence-corrected chi connectivity index (χ4v) is 2.74. The first kappa shape index (κ1) is 20.3. The Labute approximate surface area is 170 Å². The third kappa shape index (κ3) is 5.54. The summed E-state index contributed by atoms with van der Waals surface area (Å²) in [5.41, 5.74) is 3.75. The third-order valence-corrected chi connectivity index (χ3v) is 4.46. The van der Waals surface area contributed by atoms with Crippen LogP contribution in [0.25, 0.3) is 0 Å². The number of anilines is 1. The summed E-state index contributed by atoms with van der Waals surface area (Å²) < 4.78 is 11.4. The second-order valence-electron chi connectivity index (χ2n) is 7.13. The van der Waals surface area contributed by atoms with Crippen molar-refractivity contribution in [2.75, 3.05) is 11.9 Å². The van der Waals surface area contributed by atoms with Crippen molar-refractivity contribution in [1.29, 1.82) is 0 Å². The Morgan fingerprint density at radius 2 is 1.79 bits per heavy atom. The van der Waals surface area contributed by atoms with Crippen LogP contribution in [0.2, 0.25) is 0 Å². The van der Waals surface area contributed by atoms with E-state index in [1.807, 2.05) is 32.0 Å². The maximum Gasteiger partial charge on any atom is 0.321 e. The van der Waals surface area contributed by atoms with Gasteiger partial charge in [0.25, 0.3) is 5.91 Å². The molecule has 0 unspecified atom stereocenters. The van der Waals surface area contributed by atoms with E-state index in [4.69, 9.17) is 9.47 Å². The summed E-state index contributed by atoms with van der Waals surface area (Å²) in [4.78, 5) is 20.4. The number of aromatic nitrogens is 2. The molecule has 3 aromatic rings. The minimum absolute atomic E-state index is 0.0576. The monoisotopic (exact) mass is 391 g/mol. The summed E-state index contributed by atoms with van der Waals surface area (Å²) in [6, 6.07) is 13.5. The smallest absolute Gasteiger partial charge is 0.321 e. The number of nitrogens with one attached hydrogen (secondary N) is 1. The van der Waals surface area contributed by atoms with Gasteiger partial charge in [-0.15, -0.1) is 0 Å². The zero-order chi connectivity index (χ0) is 20.8. The van der Waals surface area contributed by atoms with Crippen LogP contribution in [0.5, 0.6) is 17.5 Å². The van der Waals surface area contributed by atoms with E-state index in [0.717, 1.165) is 16.9 Å². The van der Waals surface area contributed by atoms with Gasteiger partial charge in [0.05, 0.1) is 0 Å². The average Bonchev–Trinajstić information content (AvgIpc) is 2.70. The van der Waals surface area contributed by atoms with E-state index < -0.39 is 0 Å². The molecule has 1 N–H and O–H groups in total. The molecule has 3 rings (SSSR count). The summed E-state index contributed by atoms with van der Waals surface area (Å²) in [6.45, 7) is 8.06. The highest BCUT2D eigenvalue weighted by molar-refractivity contribution is 5.92. The fraction of sp³-hybridized carbons (Fsp3) is 0.261. The second-order valence-corrected chi connectivity index (χ2v) is 7.13. The maximum atomic E-state index is 12.4. The first-order valence-corrected chi connectivity index (χ1v) is 9.51. The van der Waals surface area contributed by atoms with Gasteiger partial charge in [-0.25, -0.2) is 9.97 Å². The average molecular weight is 391 g/mol. The fourth-order valence-electron chi connectivity index (χ4n) is 2.74. The van der Waals surface area contributed by atoms with E-state index in [9.17, 15) is 4.79 Å². The molecule has 0 aliphatic carbocycles. The predicted molar refractivity (Wildman–Crippen MR) is 113 cm³/mol. The number of carbonyl (C=O) groups excluding carboxylic acids is 1. The molecule has 6 heteroatoms. The van der Waals surface area contributed by atoms with Crippen molar-refractivity contribution < 1.29 is 14.3 Å². The van der Waals surface area contributed by atoms with E-state index in [1.54, 1.807) is 30.6 Å². The molecule has 0 saturated carbocycles. The molecule has 1 amide bonds. The number of carbonyl (C=O) groups is 1. The number of aryl methyl sites for hydroxylation is 2. The van der Waals surface area contributed by atoms with Gasteiger partial charge < -0.3 is 14.8 Å². The number of nitrogens with zero attached hydrogens (tertiary/aromatic N) is 2. The highest BCUT2D eigenvalue weighted by atomic mass is 16.5. The summed E-state index contributed by atoms with van der Waals surface area (Å²) in [6.07, 6.45) is 3.23.